The summed E-state index contributed by atoms with van der Waals surface area (Å²) in [6.07, 6.45) is 3.14. The van der Waals surface area contributed by atoms with E-state index in [0.717, 1.165) is 16.9 Å². The Morgan fingerprint density at radius 1 is 1.11 bits per heavy atom. The monoisotopic (exact) mass is 365 g/mol. The lowest BCUT2D eigenvalue weighted by atomic mass is 10.1. The normalized spacial score (nSPS) is 12.2. The van der Waals surface area contributed by atoms with Crippen molar-refractivity contribution in [2.45, 2.75) is 18.9 Å². The van der Waals surface area contributed by atoms with E-state index in [4.69, 9.17) is 0 Å². The largest absolute Gasteiger partial charge is 0.388 e. The molecule has 138 valence electrons. The molecule has 0 saturated heterocycles. The van der Waals surface area contributed by atoms with Crippen LogP contribution in [0.1, 0.15) is 30.2 Å². The highest BCUT2D eigenvalue weighted by Gasteiger charge is 2.09. The molecule has 5 nitrogen and oxygen atoms in total. The molecule has 1 heterocycles. The second-order valence-corrected chi connectivity index (χ2v) is 6.04. The van der Waals surface area contributed by atoms with Gasteiger partial charge in [0.2, 0.25) is 5.91 Å². The molecule has 0 radical (unpaired) electrons. The van der Waals surface area contributed by atoms with Crippen LogP contribution in [0.15, 0.2) is 78.0 Å². The van der Waals surface area contributed by atoms with Gasteiger partial charge in [0.15, 0.2) is 0 Å². The number of rotatable bonds is 7. The fourth-order valence-electron chi connectivity index (χ4n) is 2.67. The highest BCUT2D eigenvalue weighted by Crippen LogP contribution is 2.17. The maximum absolute atomic E-state index is 13.1. The predicted octanol–water partition coefficient (Wildman–Crippen LogP) is 3.58. The maximum atomic E-state index is 13.1. The average Bonchev–Trinajstić information content (AvgIpc) is 3.16. The Morgan fingerprint density at radius 3 is 2.59 bits per heavy atom. The van der Waals surface area contributed by atoms with Crippen molar-refractivity contribution in [2.75, 3.05) is 0 Å². The van der Waals surface area contributed by atoms with Gasteiger partial charge in [0.05, 0.1) is 18.0 Å². The summed E-state index contributed by atoms with van der Waals surface area (Å²) in [5.74, 6) is -0.577. The number of hydrogen-bond donors (Lipinski definition) is 2. The van der Waals surface area contributed by atoms with E-state index in [1.807, 2.05) is 53.2 Å². The van der Waals surface area contributed by atoms with Crippen LogP contribution in [0.5, 0.6) is 0 Å². The Kier molecular flexibility index (Phi) is 6.12. The third-order valence-corrected chi connectivity index (χ3v) is 4.10. The first-order chi connectivity index (χ1) is 13.1. The summed E-state index contributed by atoms with van der Waals surface area (Å²) in [5.41, 5.74) is 4.78. The number of amides is 1. The van der Waals surface area contributed by atoms with Gasteiger partial charge in [0.25, 0.3) is 0 Å². The zero-order chi connectivity index (χ0) is 19.1. The summed E-state index contributed by atoms with van der Waals surface area (Å²) in [5, 5.41) is 14.0. The van der Waals surface area contributed by atoms with E-state index in [1.54, 1.807) is 12.1 Å². The van der Waals surface area contributed by atoms with Crippen molar-refractivity contribution < 1.29 is 14.3 Å². The fourth-order valence-corrected chi connectivity index (χ4v) is 2.67. The molecular weight excluding hydrogens is 345 g/mol. The second kappa shape index (κ2) is 8.91. The summed E-state index contributed by atoms with van der Waals surface area (Å²) in [6.45, 7) is 0. The fraction of sp³-hybridized carbons (Fsp3) is 0.143. The van der Waals surface area contributed by atoms with Crippen LogP contribution in [0.2, 0.25) is 0 Å². The zero-order valence-electron chi connectivity index (χ0n) is 14.6. The molecule has 0 aliphatic heterocycles. The molecule has 0 saturated carbocycles. The van der Waals surface area contributed by atoms with Crippen LogP contribution < -0.4 is 5.43 Å². The van der Waals surface area contributed by atoms with Crippen molar-refractivity contribution in [3.8, 4) is 5.69 Å². The minimum atomic E-state index is -0.684. The molecule has 2 aromatic carbocycles. The highest BCUT2D eigenvalue weighted by molar-refractivity contribution is 5.81. The molecule has 0 unspecified atom stereocenters. The van der Waals surface area contributed by atoms with E-state index in [1.165, 1.54) is 18.3 Å². The Bertz CT molecular complexity index is 905. The number of aliphatic hydroxyl groups excluding tert-OH is 1. The molecule has 0 spiro atoms. The van der Waals surface area contributed by atoms with Gasteiger partial charge in [-0.25, -0.2) is 9.82 Å². The molecule has 1 amide bonds. The van der Waals surface area contributed by atoms with Crippen molar-refractivity contribution in [3.63, 3.8) is 0 Å². The van der Waals surface area contributed by atoms with Crippen molar-refractivity contribution in [1.82, 2.24) is 9.99 Å². The van der Waals surface area contributed by atoms with Gasteiger partial charge in [0, 0.05) is 18.3 Å². The summed E-state index contributed by atoms with van der Waals surface area (Å²) in [4.78, 5) is 11.9. The number of aromatic nitrogens is 1. The first-order valence-electron chi connectivity index (χ1n) is 8.62. The molecule has 3 aromatic rings. The molecule has 6 heteroatoms. The van der Waals surface area contributed by atoms with Crippen LogP contribution in [-0.2, 0) is 4.79 Å². The minimum absolute atomic E-state index is 0.159. The SMILES string of the molecule is O=C(CC[C@@H](O)c1ccccc1)N/N=C\c1cccn1-c1ccc(F)cc1. The molecule has 2 N–H and O–H groups in total. The molecular formula is C21H20FN3O2. The van der Waals surface area contributed by atoms with Gasteiger partial charge in [-0.3, -0.25) is 4.79 Å². The van der Waals surface area contributed by atoms with Crippen molar-refractivity contribution in [3.05, 3.63) is 90.0 Å². The highest BCUT2D eigenvalue weighted by atomic mass is 19.1. The van der Waals surface area contributed by atoms with Gasteiger partial charge < -0.3 is 9.67 Å². The first-order valence-corrected chi connectivity index (χ1v) is 8.62. The van der Waals surface area contributed by atoms with Crippen molar-refractivity contribution in [2.24, 2.45) is 5.10 Å². The Balaban J connectivity index is 1.53. The summed E-state index contributed by atoms with van der Waals surface area (Å²) in [6, 6.07) is 19.0. The molecule has 3 rings (SSSR count). The molecule has 27 heavy (non-hydrogen) atoms. The molecule has 0 aliphatic carbocycles. The third kappa shape index (κ3) is 5.12. The number of nitrogens with zero attached hydrogens (tertiary/aromatic N) is 2. The van der Waals surface area contributed by atoms with E-state index in [9.17, 15) is 14.3 Å². The van der Waals surface area contributed by atoms with Gasteiger partial charge in [-0.05, 0) is 48.4 Å². The Labute approximate surface area is 156 Å². The van der Waals surface area contributed by atoms with E-state index in [0.29, 0.717) is 6.42 Å². The smallest absolute Gasteiger partial charge is 0.240 e. The van der Waals surface area contributed by atoms with Crippen molar-refractivity contribution in [1.29, 1.82) is 0 Å². The van der Waals surface area contributed by atoms with Gasteiger partial charge in [-0.1, -0.05) is 30.3 Å². The molecule has 0 fully saturated rings. The van der Waals surface area contributed by atoms with Crippen molar-refractivity contribution >= 4 is 12.1 Å². The van der Waals surface area contributed by atoms with Gasteiger partial charge >= 0.3 is 0 Å². The molecule has 1 atom stereocenters. The average molecular weight is 365 g/mol. The third-order valence-electron chi connectivity index (χ3n) is 4.10. The molecule has 1 aromatic heterocycles. The van der Waals surface area contributed by atoms with Gasteiger partial charge in [0.1, 0.15) is 5.82 Å². The lowest BCUT2D eigenvalue weighted by Crippen LogP contribution is -2.18. The van der Waals surface area contributed by atoms with Gasteiger partial charge in [-0.15, -0.1) is 0 Å². The van der Waals surface area contributed by atoms with Crippen LogP contribution in [0, 0.1) is 5.82 Å². The van der Waals surface area contributed by atoms with Crippen LogP contribution in [-0.4, -0.2) is 21.8 Å². The van der Waals surface area contributed by atoms with Crippen LogP contribution in [0.25, 0.3) is 5.69 Å². The molecule has 0 bridgehead atoms. The quantitative estimate of drug-likeness (QED) is 0.496. The number of carbonyl (C=O) groups excluding carboxylic acids is 1. The number of hydrazone groups is 1. The number of benzene rings is 2. The topological polar surface area (TPSA) is 66.6 Å². The second-order valence-electron chi connectivity index (χ2n) is 6.04. The van der Waals surface area contributed by atoms with Crippen LogP contribution in [0.3, 0.4) is 0 Å². The zero-order valence-corrected chi connectivity index (χ0v) is 14.6. The number of hydrogen-bond acceptors (Lipinski definition) is 3. The first kappa shape index (κ1) is 18.5. The predicted molar refractivity (Wildman–Crippen MR) is 102 cm³/mol. The van der Waals surface area contributed by atoms with Crippen LogP contribution >= 0.6 is 0 Å². The lowest BCUT2D eigenvalue weighted by Gasteiger charge is -2.09. The standard InChI is InChI=1S/C21H20FN3O2/c22-17-8-10-18(11-9-17)25-14-4-7-19(25)15-23-24-21(27)13-12-20(26)16-5-2-1-3-6-16/h1-11,14-15,20,26H,12-13H2,(H,24,27)/b23-15-/t20-/m1/s1. The summed E-state index contributed by atoms with van der Waals surface area (Å²) in [7, 11) is 0. The number of halogens is 1. The number of nitrogens with one attached hydrogen (secondary N) is 1. The maximum Gasteiger partial charge on any atom is 0.240 e. The summed E-state index contributed by atoms with van der Waals surface area (Å²) >= 11 is 0. The number of carbonyl (C=O) groups is 1. The lowest BCUT2D eigenvalue weighted by molar-refractivity contribution is -0.121. The van der Waals surface area contributed by atoms with E-state index >= 15 is 0 Å². The van der Waals surface area contributed by atoms with E-state index in [2.05, 4.69) is 10.5 Å². The van der Waals surface area contributed by atoms with E-state index in [-0.39, 0.29) is 18.1 Å². The summed E-state index contributed by atoms with van der Waals surface area (Å²) < 4.78 is 14.9. The molecule has 0 aliphatic rings. The minimum Gasteiger partial charge on any atom is -0.388 e. The van der Waals surface area contributed by atoms with Gasteiger partial charge in [-0.2, -0.15) is 5.10 Å². The Morgan fingerprint density at radius 2 is 1.85 bits per heavy atom. The van der Waals surface area contributed by atoms with Crippen LogP contribution in [0.4, 0.5) is 4.39 Å². The number of aliphatic hydroxyl groups is 1. The Hall–Kier alpha value is -3.25. The van der Waals surface area contributed by atoms with E-state index < -0.39 is 6.10 Å².